The SMILES string of the molecule is CC1CCc2c(-c3ccc(F)cn3)cnn2C1. The van der Waals surface area contributed by atoms with E-state index in [1.54, 1.807) is 6.07 Å². The summed E-state index contributed by atoms with van der Waals surface area (Å²) in [6.07, 6.45) is 5.30. The highest BCUT2D eigenvalue weighted by molar-refractivity contribution is 5.61. The minimum absolute atomic E-state index is 0.302. The summed E-state index contributed by atoms with van der Waals surface area (Å²) in [6.45, 7) is 3.21. The zero-order valence-electron chi connectivity index (χ0n) is 9.73. The van der Waals surface area contributed by atoms with E-state index in [1.807, 2.05) is 6.20 Å². The Hall–Kier alpha value is -1.71. The Balaban J connectivity index is 2.02. The highest BCUT2D eigenvalue weighted by Crippen LogP contribution is 2.28. The average molecular weight is 231 g/mol. The summed E-state index contributed by atoms with van der Waals surface area (Å²) < 4.78 is 14.9. The van der Waals surface area contributed by atoms with E-state index >= 15 is 0 Å². The summed E-state index contributed by atoms with van der Waals surface area (Å²) in [5, 5.41) is 4.39. The lowest BCUT2D eigenvalue weighted by molar-refractivity contribution is 0.372. The molecule has 1 unspecified atom stereocenters. The van der Waals surface area contributed by atoms with Crippen LogP contribution in [-0.4, -0.2) is 14.8 Å². The largest absolute Gasteiger partial charge is 0.269 e. The van der Waals surface area contributed by atoms with E-state index in [-0.39, 0.29) is 5.82 Å². The van der Waals surface area contributed by atoms with Gasteiger partial charge in [-0.25, -0.2) is 4.39 Å². The second kappa shape index (κ2) is 3.95. The molecular weight excluding hydrogens is 217 g/mol. The third kappa shape index (κ3) is 1.84. The van der Waals surface area contributed by atoms with Crippen LogP contribution in [0.2, 0.25) is 0 Å². The third-order valence-electron chi connectivity index (χ3n) is 3.31. The molecule has 0 fully saturated rings. The van der Waals surface area contributed by atoms with Crippen molar-refractivity contribution in [1.29, 1.82) is 0 Å². The van der Waals surface area contributed by atoms with Crippen LogP contribution in [0.4, 0.5) is 4.39 Å². The Kier molecular flexibility index (Phi) is 2.42. The summed E-state index contributed by atoms with van der Waals surface area (Å²) >= 11 is 0. The van der Waals surface area contributed by atoms with Gasteiger partial charge in [-0.3, -0.25) is 9.67 Å². The first kappa shape index (κ1) is 10.4. The summed E-state index contributed by atoms with van der Waals surface area (Å²) in [5.41, 5.74) is 3.07. The molecule has 0 radical (unpaired) electrons. The first-order valence-corrected chi connectivity index (χ1v) is 5.90. The van der Waals surface area contributed by atoms with E-state index in [1.165, 1.54) is 24.4 Å². The number of halogens is 1. The van der Waals surface area contributed by atoms with E-state index < -0.39 is 0 Å². The quantitative estimate of drug-likeness (QED) is 0.755. The van der Waals surface area contributed by atoms with Crippen LogP contribution >= 0.6 is 0 Å². The van der Waals surface area contributed by atoms with Crippen LogP contribution in [0.5, 0.6) is 0 Å². The minimum Gasteiger partial charge on any atom is -0.269 e. The van der Waals surface area contributed by atoms with Gasteiger partial charge in [0.1, 0.15) is 5.82 Å². The Morgan fingerprint density at radius 1 is 1.35 bits per heavy atom. The maximum absolute atomic E-state index is 12.8. The summed E-state index contributed by atoms with van der Waals surface area (Å²) in [4.78, 5) is 4.12. The first-order chi connectivity index (χ1) is 8.24. The van der Waals surface area contributed by atoms with Gasteiger partial charge in [-0.15, -0.1) is 0 Å². The molecule has 3 rings (SSSR count). The van der Waals surface area contributed by atoms with Gasteiger partial charge in [-0.1, -0.05) is 6.92 Å². The van der Waals surface area contributed by atoms with Crippen molar-refractivity contribution in [1.82, 2.24) is 14.8 Å². The Labute approximate surface area is 99.3 Å². The molecule has 0 saturated carbocycles. The molecule has 0 spiro atoms. The highest BCUT2D eigenvalue weighted by Gasteiger charge is 2.20. The molecule has 0 N–H and O–H groups in total. The van der Waals surface area contributed by atoms with Gasteiger partial charge in [0.15, 0.2) is 0 Å². The van der Waals surface area contributed by atoms with Crippen LogP contribution in [-0.2, 0) is 13.0 Å². The van der Waals surface area contributed by atoms with Crippen molar-refractivity contribution in [3.8, 4) is 11.3 Å². The van der Waals surface area contributed by atoms with Crippen molar-refractivity contribution in [3.63, 3.8) is 0 Å². The van der Waals surface area contributed by atoms with Crippen molar-refractivity contribution in [2.24, 2.45) is 5.92 Å². The van der Waals surface area contributed by atoms with Crippen molar-refractivity contribution in [2.75, 3.05) is 0 Å². The molecule has 88 valence electrons. The minimum atomic E-state index is -0.302. The van der Waals surface area contributed by atoms with Crippen molar-refractivity contribution in [2.45, 2.75) is 26.3 Å². The number of pyridine rings is 1. The Morgan fingerprint density at radius 3 is 3.00 bits per heavy atom. The fraction of sp³-hybridized carbons (Fsp3) is 0.385. The highest BCUT2D eigenvalue weighted by atomic mass is 19.1. The zero-order valence-corrected chi connectivity index (χ0v) is 9.73. The van der Waals surface area contributed by atoms with Crippen LogP contribution in [0, 0.1) is 11.7 Å². The molecule has 0 aliphatic carbocycles. The molecule has 0 saturated heterocycles. The molecule has 1 aliphatic rings. The smallest absolute Gasteiger partial charge is 0.141 e. The van der Waals surface area contributed by atoms with Crippen LogP contribution in [0.15, 0.2) is 24.5 Å². The van der Waals surface area contributed by atoms with Crippen LogP contribution < -0.4 is 0 Å². The van der Waals surface area contributed by atoms with Gasteiger partial charge in [0, 0.05) is 17.8 Å². The maximum atomic E-state index is 12.8. The van der Waals surface area contributed by atoms with Gasteiger partial charge in [-0.05, 0) is 30.9 Å². The van der Waals surface area contributed by atoms with Crippen molar-refractivity contribution < 1.29 is 4.39 Å². The predicted molar refractivity (Wildman–Crippen MR) is 62.9 cm³/mol. The van der Waals surface area contributed by atoms with Gasteiger partial charge in [-0.2, -0.15) is 5.10 Å². The fourth-order valence-electron chi connectivity index (χ4n) is 2.35. The normalized spacial score (nSPS) is 19.1. The first-order valence-electron chi connectivity index (χ1n) is 5.90. The van der Waals surface area contributed by atoms with Gasteiger partial charge in [0.25, 0.3) is 0 Å². The maximum Gasteiger partial charge on any atom is 0.141 e. The molecule has 4 heteroatoms. The fourth-order valence-corrected chi connectivity index (χ4v) is 2.35. The third-order valence-corrected chi connectivity index (χ3v) is 3.31. The zero-order chi connectivity index (χ0) is 11.8. The standard InChI is InChI=1S/C13H14FN3/c1-9-2-5-13-11(7-16-17(13)8-9)12-4-3-10(14)6-15-12/h3-4,6-7,9H,2,5,8H2,1H3. The average Bonchev–Trinajstić information content (AvgIpc) is 2.73. The van der Waals surface area contributed by atoms with Crippen LogP contribution in [0.3, 0.4) is 0 Å². The molecule has 17 heavy (non-hydrogen) atoms. The molecular formula is C13H14FN3. The second-order valence-electron chi connectivity index (χ2n) is 4.69. The number of hydrogen-bond donors (Lipinski definition) is 0. The summed E-state index contributed by atoms with van der Waals surface area (Å²) in [7, 11) is 0. The number of aromatic nitrogens is 3. The van der Waals surface area contributed by atoms with Gasteiger partial charge >= 0.3 is 0 Å². The molecule has 0 bridgehead atoms. The molecule has 2 aromatic heterocycles. The topological polar surface area (TPSA) is 30.7 Å². The monoisotopic (exact) mass is 231 g/mol. The van der Waals surface area contributed by atoms with Gasteiger partial charge in [0.2, 0.25) is 0 Å². The van der Waals surface area contributed by atoms with Crippen molar-refractivity contribution in [3.05, 3.63) is 36.0 Å². The van der Waals surface area contributed by atoms with E-state index in [2.05, 4.69) is 21.7 Å². The second-order valence-corrected chi connectivity index (χ2v) is 4.69. The lowest BCUT2D eigenvalue weighted by Crippen LogP contribution is -2.18. The van der Waals surface area contributed by atoms with E-state index in [0.29, 0.717) is 5.92 Å². The molecule has 3 heterocycles. The summed E-state index contributed by atoms with van der Waals surface area (Å²) in [5.74, 6) is 0.375. The van der Waals surface area contributed by atoms with Gasteiger partial charge in [0.05, 0.1) is 18.1 Å². The van der Waals surface area contributed by atoms with Crippen LogP contribution in [0.1, 0.15) is 19.0 Å². The molecule has 0 amide bonds. The van der Waals surface area contributed by atoms with Crippen molar-refractivity contribution >= 4 is 0 Å². The molecule has 1 aliphatic heterocycles. The lowest BCUT2D eigenvalue weighted by Gasteiger charge is -2.20. The molecule has 1 atom stereocenters. The lowest BCUT2D eigenvalue weighted by atomic mass is 9.97. The molecule has 0 aromatic carbocycles. The van der Waals surface area contributed by atoms with E-state index in [9.17, 15) is 4.39 Å². The van der Waals surface area contributed by atoms with E-state index in [0.717, 1.165) is 24.2 Å². The Bertz CT molecular complexity index is 530. The van der Waals surface area contributed by atoms with E-state index in [4.69, 9.17) is 0 Å². The number of hydrogen-bond acceptors (Lipinski definition) is 2. The van der Waals surface area contributed by atoms with Crippen LogP contribution in [0.25, 0.3) is 11.3 Å². The molecule has 2 aromatic rings. The predicted octanol–water partition coefficient (Wildman–Crippen LogP) is 2.67. The molecule has 3 nitrogen and oxygen atoms in total. The Morgan fingerprint density at radius 2 is 2.24 bits per heavy atom. The number of fused-ring (bicyclic) bond motifs is 1. The summed E-state index contributed by atoms with van der Waals surface area (Å²) in [6, 6.07) is 3.16. The van der Waals surface area contributed by atoms with Gasteiger partial charge < -0.3 is 0 Å². The number of nitrogens with zero attached hydrogens (tertiary/aromatic N) is 3. The number of rotatable bonds is 1.